The first-order valence-electron chi connectivity index (χ1n) is 4.96. The van der Waals surface area contributed by atoms with Crippen LogP contribution < -0.4 is 5.32 Å². The van der Waals surface area contributed by atoms with E-state index < -0.39 is 11.0 Å². The molecule has 2 heterocycles. The molecule has 0 unspecified atom stereocenters. The topological polar surface area (TPSA) is 84.2 Å². The minimum atomic E-state index is -0.783. The molecule has 90 valence electrons. The maximum atomic E-state index is 12.5. The van der Waals surface area contributed by atoms with Crippen LogP contribution in [0.3, 0.4) is 0 Å². The second kappa shape index (κ2) is 4.73. The smallest absolute Gasteiger partial charge is 0.308 e. The molecule has 8 heteroatoms. The van der Waals surface area contributed by atoms with E-state index in [1.54, 1.807) is 4.90 Å². The number of nitrogens with one attached hydrogen (secondary N) is 1. The van der Waals surface area contributed by atoms with E-state index in [-0.39, 0.29) is 0 Å². The normalized spacial score (nSPS) is 17.2. The molecule has 1 aliphatic heterocycles. The van der Waals surface area contributed by atoms with E-state index in [0.717, 1.165) is 6.20 Å². The van der Waals surface area contributed by atoms with Crippen LogP contribution in [0.1, 0.15) is 5.56 Å². The van der Waals surface area contributed by atoms with Gasteiger partial charge in [0, 0.05) is 37.6 Å². The molecule has 1 aliphatic rings. The molecule has 0 atom stereocenters. The zero-order valence-electron chi connectivity index (χ0n) is 8.84. The third kappa shape index (κ3) is 2.86. The second-order valence-corrected chi connectivity index (χ2v) is 3.51. The van der Waals surface area contributed by atoms with E-state index in [2.05, 4.69) is 15.3 Å². The second-order valence-electron chi connectivity index (χ2n) is 3.51. The average Bonchev–Trinajstić information content (AvgIpc) is 2.68. The molecule has 0 radical (unpaired) electrons. The van der Waals surface area contributed by atoms with E-state index in [4.69, 9.17) is 0 Å². The van der Waals surface area contributed by atoms with Crippen molar-refractivity contribution in [1.82, 2.24) is 20.2 Å². The van der Waals surface area contributed by atoms with Crippen LogP contribution in [0.15, 0.2) is 24.4 Å². The molecule has 0 aromatic carbocycles. The highest BCUT2D eigenvalue weighted by atomic mass is 19.1. The summed E-state index contributed by atoms with van der Waals surface area (Å²) in [7, 11) is 0. The first kappa shape index (κ1) is 11.2. The monoisotopic (exact) mass is 239 g/mol. The van der Waals surface area contributed by atoms with Gasteiger partial charge < -0.3 is 10.2 Å². The Bertz CT molecular complexity index is 447. The molecule has 0 amide bonds. The molecule has 0 saturated carbocycles. The zero-order chi connectivity index (χ0) is 12.3. The van der Waals surface area contributed by atoms with Gasteiger partial charge in [-0.25, -0.2) is 9.97 Å². The van der Waals surface area contributed by atoms with Gasteiger partial charge in [-0.05, 0) is 0 Å². The number of nitro groups is 1. The standard InChI is InChI=1S/C9H10FN5O2/c10-9-12-3-7(4-13-9)5-14-2-1-11-8(14)6-15(16)17/h3-4,6,11H,1-2,5H2. The quantitative estimate of drug-likeness (QED) is 0.457. The minimum absolute atomic E-state index is 0.410. The van der Waals surface area contributed by atoms with Crippen LogP contribution in [0, 0.1) is 16.2 Å². The van der Waals surface area contributed by atoms with Crippen LogP contribution in [0.4, 0.5) is 4.39 Å². The highest BCUT2D eigenvalue weighted by molar-refractivity contribution is 5.08. The summed E-state index contributed by atoms with van der Waals surface area (Å²) in [6.07, 6.45) is 2.86. The van der Waals surface area contributed by atoms with Crippen LogP contribution in [0.5, 0.6) is 0 Å². The Labute approximate surface area is 96.1 Å². The van der Waals surface area contributed by atoms with Crippen molar-refractivity contribution in [3.05, 3.63) is 46.2 Å². The van der Waals surface area contributed by atoms with Crippen molar-refractivity contribution in [2.45, 2.75) is 6.54 Å². The lowest BCUT2D eigenvalue weighted by Crippen LogP contribution is -2.20. The Morgan fingerprint density at radius 1 is 1.59 bits per heavy atom. The third-order valence-corrected chi connectivity index (χ3v) is 2.30. The number of aromatic nitrogens is 2. The highest BCUT2D eigenvalue weighted by Crippen LogP contribution is 2.11. The van der Waals surface area contributed by atoms with Crippen LogP contribution in [0.2, 0.25) is 0 Å². The van der Waals surface area contributed by atoms with Crippen molar-refractivity contribution >= 4 is 0 Å². The fourth-order valence-electron chi connectivity index (χ4n) is 1.58. The van der Waals surface area contributed by atoms with Gasteiger partial charge in [0.05, 0.1) is 4.92 Å². The van der Waals surface area contributed by atoms with Gasteiger partial charge in [-0.2, -0.15) is 4.39 Å². The van der Waals surface area contributed by atoms with Crippen LogP contribution in [0.25, 0.3) is 0 Å². The Morgan fingerprint density at radius 2 is 2.29 bits per heavy atom. The number of hydrogen-bond donors (Lipinski definition) is 1. The molecule has 2 rings (SSSR count). The Balaban J connectivity index is 2.07. The molecule has 0 aliphatic carbocycles. The summed E-state index contributed by atoms with van der Waals surface area (Å²) in [6.45, 7) is 1.70. The molecular weight excluding hydrogens is 229 g/mol. The minimum Gasteiger partial charge on any atom is -0.365 e. The number of nitrogens with zero attached hydrogens (tertiary/aromatic N) is 4. The van der Waals surface area contributed by atoms with E-state index in [0.29, 0.717) is 31.0 Å². The van der Waals surface area contributed by atoms with Crippen LogP contribution >= 0.6 is 0 Å². The summed E-state index contributed by atoms with van der Waals surface area (Å²) in [6, 6.07) is 0. The Morgan fingerprint density at radius 3 is 2.94 bits per heavy atom. The van der Waals surface area contributed by atoms with Gasteiger partial charge in [-0.3, -0.25) is 10.1 Å². The van der Waals surface area contributed by atoms with Crippen molar-refractivity contribution < 1.29 is 9.31 Å². The summed E-state index contributed by atoms with van der Waals surface area (Å²) in [5.74, 6) is 0.444. The van der Waals surface area contributed by atoms with E-state index in [1.165, 1.54) is 12.4 Å². The van der Waals surface area contributed by atoms with Crippen molar-refractivity contribution in [2.24, 2.45) is 0 Å². The van der Waals surface area contributed by atoms with Gasteiger partial charge in [0.25, 0.3) is 6.20 Å². The number of halogens is 1. The van der Waals surface area contributed by atoms with Crippen LogP contribution in [-0.2, 0) is 6.54 Å². The van der Waals surface area contributed by atoms with E-state index in [1.807, 2.05) is 0 Å². The van der Waals surface area contributed by atoms with Gasteiger partial charge in [0.2, 0.25) is 0 Å². The molecule has 1 saturated heterocycles. The fraction of sp³-hybridized carbons (Fsp3) is 0.333. The van der Waals surface area contributed by atoms with E-state index >= 15 is 0 Å². The predicted molar refractivity (Wildman–Crippen MR) is 55.5 cm³/mol. The molecule has 7 nitrogen and oxygen atoms in total. The van der Waals surface area contributed by atoms with Gasteiger partial charge in [0.15, 0.2) is 5.82 Å². The average molecular weight is 239 g/mol. The van der Waals surface area contributed by atoms with Crippen molar-refractivity contribution in [2.75, 3.05) is 13.1 Å². The largest absolute Gasteiger partial charge is 0.365 e. The Hall–Kier alpha value is -2.25. The number of rotatable bonds is 3. The van der Waals surface area contributed by atoms with Crippen molar-refractivity contribution in [1.29, 1.82) is 0 Å². The van der Waals surface area contributed by atoms with E-state index in [9.17, 15) is 14.5 Å². The lowest BCUT2D eigenvalue weighted by atomic mass is 10.3. The third-order valence-electron chi connectivity index (χ3n) is 2.30. The molecular formula is C9H10FN5O2. The zero-order valence-corrected chi connectivity index (χ0v) is 8.84. The summed E-state index contributed by atoms with van der Waals surface area (Å²) in [4.78, 5) is 18.5. The molecule has 1 fully saturated rings. The summed E-state index contributed by atoms with van der Waals surface area (Å²) in [5.41, 5.74) is 0.698. The van der Waals surface area contributed by atoms with Gasteiger partial charge >= 0.3 is 6.08 Å². The molecule has 1 aromatic rings. The highest BCUT2D eigenvalue weighted by Gasteiger charge is 2.19. The maximum absolute atomic E-state index is 12.5. The molecule has 0 bridgehead atoms. The summed E-state index contributed by atoms with van der Waals surface area (Å²) >= 11 is 0. The Kier molecular flexibility index (Phi) is 3.12. The fourth-order valence-corrected chi connectivity index (χ4v) is 1.58. The van der Waals surface area contributed by atoms with Gasteiger partial charge in [0.1, 0.15) is 0 Å². The van der Waals surface area contributed by atoms with Crippen LogP contribution in [-0.4, -0.2) is 32.9 Å². The maximum Gasteiger partial charge on any atom is 0.308 e. The molecule has 0 spiro atoms. The van der Waals surface area contributed by atoms with Gasteiger partial charge in [-0.15, -0.1) is 0 Å². The van der Waals surface area contributed by atoms with Crippen molar-refractivity contribution in [3.8, 4) is 0 Å². The summed E-state index contributed by atoms with van der Waals surface area (Å²) < 4.78 is 12.5. The lowest BCUT2D eigenvalue weighted by Gasteiger charge is -2.16. The first-order valence-corrected chi connectivity index (χ1v) is 4.96. The SMILES string of the molecule is O=[N+]([O-])C=C1NCCN1Cc1cnc(F)nc1. The summed E-state index contributed by atoms with van der Waals surface area (Å²) in [5, 5.41) is 13.3. The first-order chi connectivity index (χ1) is 8.15. The molecule has 1 N–H and O–H groups in total. The predicted octanol–water partition coefficient (Wildman–Crippen LogP) is 0.0965. The molecule has 1 aromatic heterocycles. The lowest BCUT2D eigenvalue weighted by molar-refractivity contribution is -0.404. The van der Waals surface area contributed by atoms with Crippen molar-refractivity contribution in [3.63, 3.8) is 0 Å². The van der Waals surface area contributed by atoms with Gasteiger partial charge in [-0.1, -0.05) is 0 Å². The number of hydrogen-bond acceptors (Lipinski definition) is 6. The molecule has 17 heavy (non-hydrogen) atoms.